The van der Waals surface area contributed by atoms with E-state index in [0.717, 1.165) is 31.2 Å². The van der Waals surface area contributed by atoms with Crippen LogP contribution in [0, 0.1) is 12.8 Å². The number of aryl methyl sites for hydroxylation is 1. The van der Waals surface area contributed by atoms with Gasteiger partial charge in [0.25, 0.3) is 0 Å². The monoisotopic (exact) mass is 345 g/mol. The summed E-state index contributed by atoms with van der Waals surface area (Å²) in [5, 5.41) is 8.46. The van der Waals surface area contributed by atoms with E-state index in [1.54, 1.807) is 6.07 Å². The Kier molecular flexibility index (Phi) is 6.56. The fourth-order valence-corrected chi connectivity index (χ4v) is 3.14. The van der Waals surface area contributed by atoms with Gasteiger partial charge in [-0.1, -0.05) is 18.9 Å². The summed E-state index contributed by atoms with van der Waals surface area (Å²) in [5.41, 5.74) is 2.11. The molecule has 3 N–H and O–H groups in total. The van der Waals surface area contributed by atoms with Gasteiger partial charge in [-0.2, -0.15) is 0 Å². The SMILES string of the molecule is CC(=O)Nc1ccc(C)cc1NC(=O)CC(C)NC(=O)C1CCCC1. The molecule has 1 fully saturated rings. The maximum absolute atomic E-state index is 12.3. The van der Waals surface area contributed by atoms with Gasteiger partial charge in [-0.15, -0.1) is 0 Å². The second-order valence-corrected chi connectivity index (χ2v) is 6.87. The number of nitrogens with one attached hydrogen (secondary N) is 3. The molecule has 0 heterocycles. The van der Waals surface area contributed by atoms with Gasteiger partial charge >= 0.3 is 0 Å². The van der Waals surface area contributed by atoms with Crippen molar-refractivity contribution in [1.29, 1.82) is 0 Å². The summed E-state index contributed by atoms with van der Waals surface area (Å²) in [6.07, 6.45) is 4.27. The van der Waals surface area contributed by atoms with Gasteiger partial charge in [0.2, 0.25) is 17.7 Å². The standard InChI is InChI=1S/C19H27N3O3/c1-12-8-9-16(21-14(3)23)17(10-12)22-18(24)11-13(2)20-19(25)15-6-4-5-7-15/h8-10,13,15H,4-7,11H2,1-3H3,(H,20,25)(H,21,23)(H,22,24). The van der Waals surface area contributed by atoms with Gasteiger partial charge in [0, 0.05) is 25.3 Å². The summed E-state index contributed by atoms with van der Waals surface area (Å²) in [7, 11) is 0. The molecule has 136 valence electrons. The van der Waals surface area contributed by atoms with Gasteiger partial charge in [0.15, 0.2) is 0 Å². The lowest BCUT2D eigenvalue weighted by Crippen LogP contribution is -2.38. The molecule has 25 heavy (non-hydrogen) atoms. The van der Waals surface area contributed by atoms with E-state index in [9.17, 15) is 14.4 Å². The average Bonchev–Trinajstić information content (AvgIpc) is 3.03. The molecule has 2 rings (SSSR count). The lowest BCUT2D eigenvalue weighted by atomic mass is 10.1. The van der Waals surface area contributed by atoms with Crippen molar-refractivity contribution in [2.45, 2.75) is 58.9 Å². The molecule has 0 radical (unpaired) electrons. The van der Waals surface area contributed by atoms with Crippen molar-refractivity contribution in [2.75, 3.05) is 10.6 Å². The van der Waals surface area contributed by atoms with E-state index in [2.05, 4.69) is 16.0 Å². The zero-order chi connectivity index (χ0) is 18.4. The fraction of sp³-hybridized carbons (Fsp3) is 0.526. The molecular formula is C19H27N3O3. The van der Waals surface area contributed by atoms with E-state index in [0.29, 0.717) is 11.4 Å². The Morgan fingerprint density at radius 1 is 1.12 bits per heavy atom. The second-order valence-electron chi connectivity index (χ2n) is 6.87. The highest BCUT2D eigenvalue weighted by Crippen LogP contribution is 2.25. The van der Waals surface area contributed by atoms with Gasteiger partial charge in [-0.25, -0.2) is 0 Å². The Morgan fingerprint density at radius 3 is 2.44 bits per heavy atom. The first kappa shape index (κ1) is 19.0. The molecule has 6 nitrogen and oxygen atoms in total. The highest BCUT2D eigenvalue weighted by atomic mass is 16.2. The lowest BCUT2D eigenvalue weighted by Gasteiger charge is -2.18. The van der Waals surface area contributed by atoms with E-state index >= 15 is 0 Å². The van der Waals surface area contributed by atoms with Crippen molar-refractivity contribution in [1.82, 2.24) is 5.32 Å². The van der Waals surface area contributed by atoms with E-state index in [1.807, 2.05) is 26.0 Å². The number of hydrogen-bond donors (Lipinski definition) is 3. The van der Waals surface area contributed by atoms with Crippen LogP contribution in [0.15, 0.2) is 18.2 Å². The van der Waals surface area contributed by atoms with Crippen molar-refractivity contribution < 1.29 is 14.4 Å². The Hall–Kier alpha value is -2.37. The third kappa shape index (κ3) is 5.89. The van der Waals surface area contributed by atoms with Crippen molar-refractivity contribution in [3.63, 3.8) is 0 Å². The average molecular weight is 345 g/mol. The van der Waals surface area contributed by atoms with Crippen LogP contribution in [-0.2, 0) is 14.4 Å². The summed E-state index contributed by atoms with van der Waals surface area (Å²) in [5.74, 6) is -0.256. The normalized spacial score (nSPS) is 15.5. The zero-order valence-electron chi connectivity index (χ0n) is 15.1. The van der Waals surface area contributed by atoms with Gasteiger partial charge in [0.05, 0.1) is 11.4 Å². The molecule has 1 aromatic rings. The molecule has 1 aromatic carbocycles. The first-order chi connectivity index (χ1) is 11.8. The van der Waals surface area contributed by atoms with Crippen LogP contribution in [0.2, 0.25) is 0 Å². The van der Waals surface area contributed by atoms with Crippen LogP contribution in [0.1, 0.15) is 51.5 Å². The molecule has 1 atom stereocenters. The first-order valence-electron chi connectivity index (χ1n) is 8.83. The van der Waals surface area contributed by atoms with Crippen LogP contribution in [0.5, 0.6) is 0 Å². The minimum absolute atomic E-state index is 0.0484. The fourth-order valence-electron chi connectivity index (χ4n) is 3.14. The maximum atomic E-state index is 12.3. The molecule has 0 saturated heterocycles. The highest BCUT2D eigenvalue weighted by Gasteiger charge is 2.24. The molecule has 0 aliphatic heterocycles. The molecule has 0 aromatic heterocycles. The highest BCUT2D eigenvalue weighted by molar-refractivity contribution is 5.99. The molecule has 0 bridgehead atoms. The summed E-state index contributed by atoms with van der Waals surface area (Å²) in [6.45, 7) is 5.17. The molecule has 1 aliphatic carbocycles. The predicted octanol–water partition coefficient (Wildman–Crippen LogP) is 2.98. The largest absolute Gasteiger partial charge is 0.353 e. The zero-order valence-corrected chi connectivity index (χ0v) is 15.1. The van der Waals surface area contributed by atoms with Crippen molar-refractivity contribution in [3.05, 3.63) is 23.8 Å². The molecular weight excluding hydrogens is 318 g/mol. The molecule has 1 aliphatic rings. The molecule has 1 saturated carbocycles. The number of carbonyl (C=O) groups is 3. The van der Waals surface area contributed by atoms with Gasteiger partial charge in [-0.05, 0) is 44.4 Å². The Bertz CT molecular complexity index is 651. The third-order valence-corrected chi connectivity index (χ3v) is 4.37. The summed E-state index contributed by atoms with van der Waals surface area (Å²) in [4.78, 5) is 35.7. The Morgan fingerprint density at radius 2 is 1.80 bits per heavy atom. The molecule has 3 amide bonds. The second kappa shape index (κ2) is 8.65. The molecule has 1 unspecified atom stereocenters. The number of rotatable bonds is 6. The number of anilines is 2. The predicted molar refractivity (Wildman–Crippen MR) is 98.3 cm³/mol. The summed E-state index contributed by atoms with van der Waals surface area (Å²) >= 11 is 0. The Balaban J connectivity index is 1.91. The van der Waals surface area contributed by atoms with Crippen LogP contribution in [0.4, 0.5) is 11.4 Å². The van der Waals surface area contributed by atoms with Gasteiger partial charge < -0.3 is 16.0 Å². The van der Waals surface area contributed by atoms with E-state index in [-0.39, 0.29) is 36.1 Å². The first-order valence-corrected chi connectivity index (χ1v) is 8.83. The van der Waals surface area contributed by atoms with Crippen molar-refractivity contribution in [3.8, 4) is 0 Å². The topological polar surface area (TPSA) is 87.3 Å². The number of hydrogen-bond acceptors (Lipinski definition) is 3. The van der Waals surface area contributed by atoms with E-state index in [4.69, 9.17) is 0 Å². The van der Waals surface area contributed by atoms with Crippen LogP contribution in [0.25, 0.3) is 0 Å². The van der Waals surface area contributed by atoms with Crippen molar-refractivity contribution >= 4 is 29.1 Å². The van der Waals surface area contributed by atoms with Crippen LogP contribution < -0.4 is 16.0 Å². The number of carbonyl (C=O) groups excluding carboxylic acids is 3. The summed E-state index contributed by atoms with van der Waals surface area (Å²) < 4.78 is 0. The Labute approximate surface area is 148 Å². The van der Waals surface area contributed by atoms with Crippen LogP contribution in [0.3, 0.4) is 0 Å². The van der Waals surface area contributed by atoms with Gasteiger partial charge in [0.1, 0.15) is 0 Å². The lowest BCUT2D eigenvalue weighted by molar-refractivity contribution is -0.125. The van der Waals surface area contributed by atoms with Crippen molar-refractivity contribution in [2.24, 2.45) is 5.92 Å². The third-order valence-electron chi connectivity index (χ3n) is 4.37. The quantitative estimate of drug-likeness (QED) is 0.741. The molecule has 0 spiro atoms. The van der Waals surface area contributed by atoms with E-state index in [1.165, 1.54) is 6.92 Å². The minimum Gasteiger partial charge on any atom is -0.353 e. The van der Waals surface area contributed by atoms with Crippen LogP contribution >= 0.6 is 0 Å². The molecule has 6 heteroatoms. The number of benzene rings is 1. The minimum atomic E-state index is -0.234. The van der Waals surface area contributed by atoms with E-state index < -0.39 is 0 Å². The summed E-state index contributed by atoms with van der Waals surface area (Å²) in [6, 6.07) is 5.20. The van der Waals surface area contributed by atoms with Gasteiger partial charge in [-0.3, -0.25) is 14.4 Å². The maximum Gasteiger partial charge on any atom is 0.226 e. The number of amides is 3. The van der Waals surface area contributed by atoms with Crippen LogP contribution in [-0.4, -0.2) is 23.8 Å². The smallest absolute Gasteiger partial charge is 0.226 e.